The third kappa shape index (κ3) is 1.77. The van der Waals surface area contributed by atoms with Gasteiger partial charge in [0.25, 0.3) is 5.56 Å². The van der Waals surface area contributed by atoms with Crippen molar-refractivity contribution in [1.29, 1.82) is 0 Å². The van der Waals surface area contributed by atoms with Gasteiger partial charge in [0.1, 0.15) is 11.7 Å². The number of hydrogen-bond acceptors (Lipinski definition) is 4. The molecule has 3 rings (SSSR count). The molecule has 0 bridgehead atoms. The lowest BCUT2D eigenvalue weighted by Crippen LogP contribution is -2.25. The van der Waals surface area contributed by atoms with Crippen LogP contribution in [0.5, 0.6) is 0 Å². The summed E-state index contributed by atoms with van der Waals surface area (Å²) < 4.78 is 14.1. The number of aliphatic hydroxyl groups is 2. The second-order valence-electron chi connectivity index (χ2n) is 4.92. The molecule has 1 aliphatic carbocycles. The molecule has 2 aromatic rings. The van der Waals surface area contributed by atoms with Crippen molar-refractivity contribution in [1.82, 2.24) is 15.0 Å². The zero-order valence-corrected chi connectivity index (χ0v) is 10.0. The van der Waals surface area contributed by atoms with E-state index in [4.69, 9.17) is 5.11 Å². The zero-order valence-electron chi connectivity index (χ0n) is 10.0. The summed E-state index contributed by atoms with van der Waals surface area (Å²) in [5.41, 5.74) is 0.973. The lowest BCUT2D eigenvalue weighted by atomic mass is 9.97. The first kappa shape index (κ1) is 12.3. The summed E-state index contributed by atoms with van der Waals surface area (Å²) >= 11 is 0. The van der Waals surface area contributed by atoms with Crippen LogP contribution < -0.4 is 5.56 Å². The number of H-pyrrole nitrogens is 2. The number of halogens is 1. The smallest absolute Gasteiger partial charge is 0.275 e. The lowest BCUT2D eigenvalue weighted by molar-refractivity contribution is 0.0434. The van der Waals surface area contributed by atoms with Crippen molar-refractivity contribution in [2.75, 3.05) is 6.61 Å². The number of aromatic nitrogens is 3. The van der Waals surface area contributed by atoms with Crippen molar-refractivity contribution in [3.8, 4) is 0 Å². The predicted molar refractivity (Wildman–Crippen MR) is 65.6 cm³/mol. The Kier molecular flexibility index (Phi) is 2.87. The summed E-state index contributed by atoms with van der Waals surface area (Å²) in [7, 11) is 0. The molecule has 7 heteroatoms. The van der Waals surface area contributed by atoms with Gasteiger partial charge in [0.15, 0.2) is 0 Å². The van der Waals surface area contributed by atoms with Crippen LogP contribution in [-0.4, -0.2) is 44.0 Å². The summed E-state index contributed by atoms with van der Waals surface area (Å²) in [6.45, 7) is -0.256. The fraction of sp³-hybridized carbons (Fsp3) is 0.500. The van der Waals surface area contributed by atoms with Gasteiger partial charge in [-0.2, -0.15) is 0 Å². The Labute approximate surface area is 107 Å². The summed E-state index contributed by atoms with van der Waals surface area (Å²) in [5, 5.41) is 18.8. The maximum Gasteiger partial charge on any atom is 0.275 e. The van der Waals surface area contributed by atoms with Gasteiger partial charge in [-0.3, -0.25) is 4.79 Å². The van der Waals surface area contributed by atoms with Gasteiger partial charge in [0.2, 0.25) is 0 Å². The van der Waals surface area contributed by atoms with Crippen LogP contribution in [0, 0.1) is 5.92 Å². The van der Waals surface area contributed by atoms with E-state index in [1.807, 2.05) is 0 Å². The maximum absolute atomic E-state index is 14.1. The van der Waals surface area contributed by atoms with E-state index in [0.717, 1.165) is 0 Å². The average Bonchev–Trinajstić information content (AvgIpc) is 2.94. The number of alkyl halides is 1. The molecule has 0 aromatic carbocycles. The highest BCUT2D eigenvalue weighted by Crippen LogP contribution is 2.42. The Balaban J connectivity index is 2.06. The number of rotatable bonds is 2. The van der Waals surface area contributed by atoms with E-state index in [1.54, 1.807) is 6.20 Å². The second-order valence-corrected chi connectivity index (χ2v) is 4.92. The lowest BCUT2D eigenvalue weighted by Gasteiger charge is -2.13. The molecule has 4 N–H and O–H groups in total. The first-order chi connectivity index (χ1) is 9.13. The minimum atomic E-state index is -1.46. The highest BCUT2D eigenvalue weighted by atomic mass is 19.1. The summed E-state index contributed by atoms with van der Waals surface area (Å²) in [6, 6.07) is 0. The van der Waals surface area contributed by atoms with Crippen LogP contribution in [0.4, 0.5) is 4.39 Å². The Morgan fingerprint density at radius 1 is 1.47 bits per heavy atom. The Morgan fingerprint density at radius 2 is 2.26 bits per heavy atom. The molecule has 2 aromatic heterocycles. The van der Waals surface area contributed by atoms with Crippen molar-refractivity contribution in [2.45, 2.75) is 24.6 Å². The van der Waals surface area contributed by atoms with Gasteiger partial charge < -0.3 is 20.2 Å². The molecular weight excluding hydrogens is 253 g/mol. The summed E-state index contributed by atoms with van der Waals surface area (Å²) in [4.78, 5) is 20.8. The van der Waals surface area contributed by atoms with E-state index in [1.165, 1.54) is 6.33 Å². The maximum atomic E-state index is 14.1. The number of aliphatic hydroxyl groups excluding tert-OH is 2. The summed E-state index contributed by atoms with van der Waals surface area (Å²) in [6.07, 6.45) is 0.514. The van der Waals surface area contributed by atoms with Crippen LogP contribution in [0.2, 0.25) is 0 Å². The van der Waals surface area contributed by atoms with Gasteiger partial charge >= 0.3 is 0 Å². The minimum absolute atomic E-state index is 0.256. The van der Waals surface area contributed by atoms with Crippen LogP contribution in [-0.2, 0) is 0 Å². The van der Waals surface area contributed by atoms with E-state index in [-0.39, 0.29) is 12.2 Å². The van der Waals surface area contributed by atoms with Crippen molar-refractivity contribution < 1.29 is 14.6 Å². The molecule has 2 heterocycles. The van der Waals surface area contributed by atoms with Crippen LogP contribution in [0.25, 0.3) is 11.0 Å². The molecule has 102 valence electrons. The minimum Gasteiger partial charge on any atom is -0.396 e. The molecule has 0 saturated heterocycles. The van der Waals surface area contributed by atoms with Crippen LogP contribution in [0.15, 0.2) is 17.3 Å². The SMILES string of the molecule is O=c1[nH]cnc2c([C@@H]3C[C@H](CO)[C@@H](O)[C@@H]3F)c[nH]c12. The third-order valence-corrected chi connectivity index (χ3v) is 3.88. The van der Waals surface area contributed by atoms with Crippen molar-refractivity contribution in [2.24, 2.45) is 5.92 Å². The first-order valence-corrected chi connectivity index (χ1v) is 6.11. The van der Waals surface area contributed by atoms with E-state index in [2.05, 4.69) is 15.0 Å². The molecule has 4 atom stereocenters. The number of fused-ring (bicyclic) bond motifs is 1. The molecule has 0 radical (unpaired) electrons. The normalized spacial score (nSPS) is 31.1. The van der Waals surface area contributed by atoms with E-state index >= 15 is 0 Å². The molecule has 1 fully saturated rings. The fourth-order valence-corrected chi connectivity index (χ4v) is 2.83. The Morgan fingerprint density at radius 3 is 2.95 bits per heavy atom. The highest BCUT2D eigenvalue weighted by molar-refractivity contribution is 5.78. The van der Waals surface area contributed by atoms with E-state index < -0.39 is 24.1 Å². The molecule has 6 nitrogen and oxygen atoms in total. The number of nitrogens with one attached hydrogen (secondary N) is 2. The van der Waals surface area contributed by atoms with Gasteiger partial charge in [-0.1, -0.05) is 0 Å². The largest absolute Gasteiger partial charge is 0.396 e. The average molecular weight is 267 g/mol. The molecule has 0 aliphatic heterocycles. The molecule has 0 spiro atoms. The van der Waals surface area contributed by atoms with Crippen molar-refractivity contribution in [3.05, 3.63) is 28.4 Å². The molecular formula is C12H14FN3O3. The van der Waals surface area contributed by atoms with Gasteiger partial charge in [0.05, 0.1) is 17.9 Å². The first-order valence-electron chi connectivity index (χ1n) is 6.11. The van der Waals surface area contributed by atoms with Crippen LogP contribution >= 0.6 is 0 Å². The van der Waals surface area contributed by atoms with Gasteiger partial charge in [-0.15, -0.1) is 0 Å². The Bertz CT molecular complexity index is 653. The van der Waals surface area contributed by atoms with Gasteiger partial charge in [-0.25, -0.2) is 9.37 Å². The van der Waals surface area contributed by atoms with Crippen molar-refractivity contribution >= 4 is 11.0 Å². The molecule has 0 amide bonds. The number of nitrogens with zero attached hydrogens (tertiary/aromatic N) is 1. The quantitative estimate of drug-likeness (QED) is 0.617. The third-order valence-electron chi connectivity index (χ3n) is 3.88. The molecule has 19 heavy (non-hydrogen) atoms. The Hall–Kier alpha value is -1.73. The van der Waals surface area contributed by atoms with E-state index in [0.29, 0.717) is 23.0 Å². The standard InChI is InChI=1S/C12H14FN3O3/c13-8-6(1-5(3-17)11(8)18)7-2-14-10-9(7)15-4-16-12(10)19/h2,4-6,8,11,14,17-18H,1,3H2,(H,15,16,19)/t5-,6+,8-,11-/m1/s1. The zero-order chi connectivity index (χ0) is 13.6. The predicted octanol–water partition coefficient (Wildman–Crippen LogP) is 0.0460. The molecule has 1 aliphatic rings. The monoisotopic (exact) mass is 267 g/mol. The van der Waals surface area contributed by atoms with Crippen LogP contribution in [0.1, 0.15) is 17.9 Å². The number of aromatic amines is 2. The fourth-order valence-electron chi connectivity index (χ4n) is 2.83. The molecule has 0 unspecified atom stereocenters. The van der Waals surface area contributed by atoms with E-state index in [9.17, 15) is 14.3 Å². The second kappa shape index (κ2) is 4.43. The highest BCUT2D eigenvalue weighted by Gasteiger charge is 2.44. The van der Waals surface area contributed by atoms with Gasteiger partial charge in [-0.05, 0) is 6.42 Å². The molecule has 1 saturated carbocycles. The van der Waals surface area contributed by atoms with Crippen molar-refractivity contribution in [3.63, 3.8) is 0 Å². The summed E-state index contributed by atoms with van der Waals surface area (Å²) in [5.74, 6) is -1.04. The topological polar surface area (TPSA) is 102 Å². The number of hydrogen-bond donors (Lipinski definition) is 4. The van der Waals surface area contributed by atoms with Crippen LogP contribution in [0.3, 0.4) is 0 Å². The van der Waals surface area contributed by atoms with Gasteiger partial charge in [0, 0.05) is 30.2 Å².